The van der Waals surface area contributed by atoms with Crippen molar-refractivity contribution in [1.82, 2.24) is 14.5 Å². The van der Waals surface area contributed by atoms with Crippen LogP contribution in [0.25, 0.3) is 0 Å². The van der Waals surface area contributed by atoms with Gasteiger partial charge in [0.2, 0.25) is 0 Å². The third-order valence-corrected chi connectivity index (χ3v) is 5.24. The van der Waals surface area contributed by atoms with Gasteiger partial charge in [-0.15, -0.1) is 0 Å². The Kier molecular flexibility index (Phi) is 3.57. The monoisotopic (exact) mass is 299 g/mol. The lowest BCUT2D eigenvalue weighted by Crippen LogP contribution is -2.22. The summed E-state index contributed by atoms with van der Waals surface area (Å²) >= 11 is 0. The van der Waals surface area contributed by atoms with Crippen LogP contribution in [0.15, 0.2) is 16.8 Å². The van der Waals surface area contributed by atoms with E-state index in [0.29, 0.717) is 6.04 Å². The molecule has 2 aliphatic rings. The van der Waals surface area contributed by atoms with Crippen LogP contribution in [0.4, 0.5) is 0 Å². The molecule has 1 aliphatic heterocycles. The molecule has 1 saturated heterocycles. The van der Waals surface area contributed by atoms with Gasteiger partial charge in [-0.25, -0.2) is 4.98 Å². The minimum absolute atomic E-state index is 0.600. The maximum atomic E-state index is 5.66. The molecule has 1 atom stereocenters. The standard InChI is InChI=1S/C18H25N3O/c1-13-9-15(14(2)22-13)10-20-8-7-16(11-20)21-12-19-17-5-3-4-6-18(17)21/h9,12,16H,3-8,10-11H2,1-2H3/t16-/m1/s1. The summed E-state index contributed by atoms with van der Waals surface area (Å²) in [6.45, 7) is 7.41. The third-order valence-electron chi connectivity index (χ3n) is 5.24. The van der Waals surface area contributed by atoms with Gasteiger partial charge in [0.1, 0.15) is 11.5 Å². The Morgan fingerprint density at radius 2 is 2.14 bits per heavy atom. The summed E-state index contributed by atoms with van der Waals surface area (Å²) in [7, 11) is 0. The van der Waals surface area contributed by atoms with Gasteiger partial charge in [0.15, 0.2) is 0 Å². The highest BCUT2D eigenvalue weighted by Crippen LogP contribution is 2.29. The Labute approximate surface area is 132 Å². The smallest absolute Gasteiger partial charge is 0.105 e. The first kappa shape index (κ1) is 14.1. The van der Waals surface area contributed by atoms with Gasteiger partial charge >= 0.3 is 0 Å². The van der Waals surface area contributed by atoms with Gasteiger partial charge in [-0.2, -0.15) is 0 Å². The van der Waals surface area contributed by atoms with Crippen LogP contribution in [0.2, 0.25) is 0 Å². The molecule has 0 saturated carbocycles. The second kappa shape index (κ2) is 5.58. The number of aromatic nitrogens is 2. The lowest BCUT2D eigenvalue weighted by atomic mass is 10.0. The van der Waals surface area contributed by atoms with Crippen molar-refractivity contribution in [3.05, 3.63) is 40.9 Å². The molecule has 0 N–H and O–H groups in total. The number of likely N-dealkylation sites (tertiary alicyclic amines) is 1. The average Bonchev–Trinajstić information content (AvgIpc) is 3.18. The zero-order valence-electron chi connectivity index (χ0n) is 13.6. The largest absolute Gasteiger partial charge is 0.466 e. The Bertz CT molecular complexity index is 670. The van der Waals surface area contributed by atoms with E-state index in [1.165, 1.54) is 55.6 Å². The zero-order valence-corrected chi connectivity index (χ0v) is 13.6. The van der Waals surface area contributed by atoms with Crippen LogP contribution in [-0.2, 0) is 19.4 Å². The van der Waals surface area contributed by atoms with E-state index >= 15 is 0 Å². The SMILES string of the molecule is Cc1cc(CN2CC[C@@H](n3cnc4c3CCCC4)C2)c(C)o1. The molecule has 0 radical (unpaired) electrons. The summed E-state index contributed by atoms with van der Waals surface area (Å²) in [4.78, 5) is 7.21. The van der Waals surface area contributed by atoms with Crippen LogP contribution in [0.3, 0.4) is 0 Å². The fourth-order valence-corrected chi connectivity index (χ4v) is 4.07. The van der Waals surface area contributed by atoms with E-state index in [9.17, 15) is 0 Å². The van der Waals surface area contributed by atoms with Gasteiger partial charge in [-0.05, 0) is 52.0 Å². The molecule has 4 heteroatoms. The van der Waals surface area contributed by atoms with E-state index in [4.69, 9.17) is 4.42 Å². The van der Waals surface area contributed by atoms with Gasteiger partial charge in [0, 0.05) is 36.9 Å². The van der Waals surface area contributed by atoms with Crippen LogP contribution >= 0.6 is 0 Å². The molecule has 0 bridgehead atoms. The number of aryl methyl sites for hydroxylation is 3. The van der Waals surface area contributed by atoms with Crippen molar-refractivity contribution >= 4 is 0 Å². The van der Waals surface area contributed by atoms with Crippen LogP contribution < -0.4 is 0 Å². The van der Waals surface area contributed by atoms with Crippen molar-refractivity contribution in [3.8, 4) is 0 Å². The maximum absolute atomic E-state index is 5.66. The van der Waals surface area contributed by atoms with Crippen molar-refractivity contribution in [1.29, 1.82) is 0 Å². The van der Waals surface area contributed by atoms with Gasteiger partial charge in [-0.1, -0.05) is 0 Å². The van der Waals surface area contributed by atoms with Crippen LogP contribution in [0.1, 0.15) is 53.8 Å². The number of nitrogens with zero attached hydrogens (tertiary/aromatic N) is 3. The summed E-state index contributed by atoms with van der Waals surface area (Å²) in [5, 5.41) is 0. The molecule has 4 nitrogen and oxygen atoms in total. The first-order valence-corrected chi connectivity index (χ1v) is 8.53. The molecule has 3 heterocycles. The van der Waals surface area contributed by atoms with Crippen molar-refractivity contribution in [2.24, 2.45) is 0 Å². The molecule has 2 aromatic heterocycles. The van der Waals surface area contributed by atoms with Gasteiger partial charge in [-0.3, -0.25) is 4.90 Å². The number of furan rings is 1. The summed E-state index contributed by atoms with van der Waals surface area (Å²) < 4.78 is 8.13. The number of fused-ring (bicyclic) bond motifs is 1. The molecule has 2 aromatic rings. The average molecular weight is 299 g/mol. The third kappa shape index (κ3) is 2.50. The van der Waals surface area contributed by atoms with E-state index < -0.39 is 0 Å². The maximum Gasteiger partial charge on any atom is 0.105 e. The first-order valence-electron chi connectivity index (χ1n) is 8.53. The Balaban J connectivity index is 1.46. The van der Waals surface area contributed by atoms with E-state index in [-0.39, 0.29) is 0 Å². The van der Waals surface area contributed by atoms with Gasteiger partial charge in [0.05, 0.1) is 12.0 Å². The highest BCUT2D eigenvalue weighted by molar-refractivity contribution is 5.21. The Morgan fingerprint density at radius 3 is 2.95 bits per heavy atom. The minimum Gasteiger partial charge on any atom is -0.466 e. The molecule has 1 aliphatic carbocycles. The predicted molar refractivity (Wildman–Crippen MR) is 86.0 cm³/mol. The molecule has 0 spiro atoms. The van der Waals surface area contributed by atoms with Crippen molar-refractivity contribution < 1.29 is 4.42 Å². The zero-order chi connectivity index (χ0) is 15.1. The molecular weight excluding hydrogens is 274 g/mol. The highest BCUT2D eigenvalue weighted by Gasteiger charge is 2.27. The van der Waals surface area contributed by atoms with E-state index in [1.807, 2.05) is 6.92 Å². The van der Waals surface area contributed by atoms with Crippen LogP contribution in [-0.4, -0.2) is 27.5 Å². The fourth-order valence-electron chi connectivity index (χ4n) is 4.07. The molecule has 0 aromatic carbocycles. The lowest BCUT2D eigenvalue weighted by Gasteiger charge is -2.20. The molecule has 0 unspecified atom stereocenters. The van der Waals surface area contributed by atoms with Crippen molar-refractivity contribution in [2.45, 2.75) is 58.5 Å². The molecule has 0 amide bonds. The molecule has 118 valence electrons. The van der Waals surface area contributed by atoms with E-state index in [0.717, 1.165) is 24.6 Å². The Morgan fingerprint density at radius 1 is 1.27 bits per heavy atom. The van der Waals surface area contributed by atoms with Crippen LogP contribution in [0, 0.1) is 13.8 Å². The first-order chi connectivity index (χ1) is 10.7. The normalized spacial score (nSPS) is 22.2. The summed E-state index contributed by atoms with van der Waals surface area (Å²) in [6, 6.07) is 2.78. The molecule has 1 fully saturated rings. The minimum atomic E-state index is 0.600. The highest BCUT2D eigenvalue weighted by atomic mass is 16.3. The quantitative estimate of drug-likeness (QED) is 0.871. The number of hydrogen-bond acceptors (Lipinski definition) is 3. The van der Waals surface area contributed by atoms with Crippen LogP contribution in [0.5, 0.6) is 0 Å². The molecular formula is C18H25N3O. The fraction of sp³-hybridized carbons (Fsp3) is 0.611. The van der Waals surface area contributed by atoms with Gasteiger partial charge in [0.25, 0.3) is 0 Å². The van der Waals surface area contributed by atoms with Crippen molar-refractivity contribution in [2.75, 3.05) is 13.1 Å². The van der Waals surface area contributed by atoms with Crippen molar-refractivity contribution in [3.63, 3.8) is 0 Å². The summed E-state index contributed by atoms with van der Waals surface area (Å²) in [5.74, 6) is 2.09. The van der Waals surface area contributed by atoms with E-state index in [2.05, 4.69) is 33.8 Å². The number of hydrogen-bond donors (Lipinski definition) is 0. The number of rotatable bonds is 3. The Hall–Kier alpha value is -1.55. The second-order valence-corrected chi connectivity index (χ2v) is 6.87. The second-order valence-electron chi connectivity index (χ2n) is 6.87. The molecule has 4 rings (SSSR count). The van der Waals surface area contributed by atoms with Gasteiger partial charge < -0.3 is 8.98 Å². The molecule has 22 heavy (non-hydrogen) atoms. The number of imidazole rings is 1. The summed E-state index contributed by atoms with van der Waals surface area (Å²) in [6.07, 6.45) is 8.34. The topological polar surface area (TPSA) is 34.2 Å². The summed E-state index contributed by atoms with van der Waals surface area (Å²) in [5.41, 5.74) is 4.20. The lowest BCUT2D eigenvalue weighted by molar-refractivity contribution is 0.312. The van der Waals surface area contributed by atoms with E-state index in [1.54, 1.807) is 0 Å². The predicted octanol–water partition coefficient (Wildman–Crippen LogP) is 3.42.